The van der Waals surface area contributed by atoms with Crippen LogP contribution in [-0.4, -0.2) is 48.6 Å². The van der Waals surface area contributed by atoms with E-state index in [-0.39, 0.29) is 17.5 Å². The Bertz CT molecular complexity index is 2080. The number of aryl methyl sites for hydroxylation is 1. The van der Waals surface area contributed by atoms with Crippen molar-refractivity contribution < 1.29 is 23.9 Å². The monoisotopic (exact) mass is 682 g/mol. The van der Waals surface area contributed by atoms with Gasteiger partial charge in [0.25, 0.3) is 5.91 Å². The van der Waals surface area contributed by atoms with Crippen molar-refractivity contribution in [3.05, 3.63) is 160 Å². The number of methoxy groups -OCH3 is 1. The summed E-state index contributed by atoms with van der Waals surface area (Å²) in [4.78, 5) is 55.3. The summed E-state index contributed by atoms with van der Waals surface area (Å²) < 4.78 is 4.99. The predicted octanol–water partition coefficient (Wildman–Crippen LogP) is 7.67. The second kappa shape index (κ2) is 15.4. The van der Waals surface area contributed by atoms with Gasteiger partial charge < -0.3 is 15.0 Å². The van der Waals surface area contributed by atoms with Crippen molar-refractivity contribution in [1.82, 2.24) is 5.32 Å². The van der Waals surface area contributed by atoms with Gasteiger partial charge in [-0.05, 0) is 89.6 Å². The van der Waals surface area contributed by atoms with Gasteiger partial charge in [-0.1, -0.05) is 78.9 Å². The van der Waals surface area contributed by atoms with E-state index in [9.17, 15) is 19.2 Å². The number of hydrogen-bond acceptors (Lipinski definition) is 7. The number of nitrogens with zero attached hydrogens (tertiary/aromatic N) is 1. The van der Waals surface area contributed by atoms with Gasteiger partial charge >= 0.3 is 5.97 Å². The summed E-state index contributed by atoms with van der Waals surface area (Å²) >= 11 is 1.60. The molecule has 1 aliphatic rings. The zero-order valence-electron chi connectivity index (χ0n) is 28.3. The largest absolute Gasteiger partial charge is 0.467 e. The van der Waals surface area contributed by atoms with Gasteiger partial charge in [0.15, 0.2) is 11.6 Å². The van der Waals surface area contributed by atoms with Gasteiger partial charge in [-0.2, -0.15) is 11.8 Å². The Balaban J connectivity index is 1.34. The highest BCUT2D eigenvalue weighted by molar-refractivity contribution is 7.98. The number of carbonyl (C=O) groups is 4. The number of carbonyl (C=O) groups excluding carboxylic acids is 4. The van der Waals surface area contributed by atoms with E-state index in [0.717, 1.165) is 33.5 Å². The first-order valence-electron chi connectivity index (χ1n) is 16.5. The Morgan fingerprint density at radius 1 is 0.700 bits per heavy atom. The minimum absolute atomic E-state index is 0.142. The van der Waals surface area contributed by atoms with Gasteiger partial charge in [-0.15, -0.1) is 0 Å². The summed E-state index contributed by atoms with van der Waals surface area (Å²) in [6.45, 7) is 2.98. The Hall–Kier alpha value is -5.47. The fourth-order valence-corrected chi connectivity index (χ4v) is 6.88. The number of para-hydroxylation sites is 1. The lowest BCUT2D eigenvalue weighted by molar-refractivity contribution is -0.142. The smallest absolute Gasteiger partial charge is 0.328 e. The van der Waals surface area contributed by atoms with E-state index >= 15 is 0 Å². The molecular weight excluding hydrogens is 645 g/mol. The molecule has 5 aromatic carbocycles. The number of rotatable bonds is 12. The van der Waals surface area contributed by atoms with Crippen LogP contribution in [0.4, 0.5) is 5.69 Å². The zero-order valence-corrected chi connectivity index (χ0v) is 29.1. The van der Waals surface area contributed by atoms with Crippen LogP contribution in [0.1, 0.15) is 65.3 Å². The van der Waals surface area contributed by atoms with E-state index in [1.54, 1.807) is 42.1 Å². The number of hydrogen-bond donors (Lipinski definition) is 1. The maximum absolute atomic E-state index is 13.8. The first-order valence-corrected chi connectivity index (χ1v) is 17.9. The standard InChI is InChI=1S/C42H38N2O5S/c1-27-11-7-8-14-31(27)36-23-28(18-20-35(36)41(47)43-38(21-22-50-3)42(48)49-2)25-44(30-12-5-4-6-13-30)26-29-17-19-34-37(24-29)40(46)33-16-10-9-15-32(33)39(34)45/h4-20,23-24,38H,21-22,25-26H2,1-3H3,(H,43,47). The molecule has 0 saturated heterocycles. The van der Waals surface area contributed by atoms with Crippen LogP contribution in [0.25, 0.3) is 11.1 Å². The van der Waals surface area contributed by atoms with E-state index in [0.29, 0.717) is 53.1 Å². The van der Waals surface area contributed by atoms with E-state index in [2.05, 4.69) is 10.2 Å². The number of benzene rings is 5. The summed E-state index contributed by atoms with van der Waals surface area (Å²) in [7, 11) is 1.33. The molecule has 8 heteroatoms. The van der Waals surface area contributed by atoms with E-state index in [1.807, 2.05) is 98.1 Å². The van der Waals surface area contributed by atoms with Gasteiger partial charge in [-0.3, -0.25) is 14.4 Å². The summed E-state index contributed by atoms with van der Waals surface area (Å²) in [6, 6.07) is 35.4. The average molecular weight is 683 g/mol. The highest BCUT2D eigenvalue weighted by atomic mass is 32.2. The molecule has 252 valence electrons. The second-order valence-electron chi connectivity index (χ2n) is 12.3. The Morgan fingerprint density at radius 2 is 1.26 bits per heavy atom. The number of anilines is 1. The summed E-state index contributed by atoms with van der Waals surface area (Å²) in [6.07, 6.45) is 2.41. The number of ether oxygens (including phenoxy) is 1. The molecule has 0 saturated carbocycles. The molecule has 7 nitrogen and oxygen atoms in total. The van der Waals surface area contributed by atoms with E-state index in [4.69, 9.17) is 4.74 Å². The molecule has 1 N–H and O–H groups in total. The SMILES string of the molecule is COC(=O)C(CCSC)NC(=O)c1ccc(CN(Cc2ccc3c(c2)C(=O)c2ccccc2C3=O)c2ccccc2)cc1-c1ccccc1C. The minimum atomic E-state index is -0.759. The number of amides is 1. The van der Waals surface area contributed by atoms with E-state index in [1.165, 1.54) is 7.11 Å². The highest BCUT2D eigenvalue weighted by Crippen LogP contribution is 2.32. The van der Waals surface area contributed by atoms with Crippen molar-refractivity contribution >= 4 is 40.9 Å². The van der Waals surface area contributed by atoms with E-state index < -0.39 is 12.0 Å². The minimum Gasteiger partial charge on any atom is -0.467 e. The van der Waals surface area contributed by atoms with Crippen LogP contribution in [-0.2, 0) is 22.6 Å². The molecule has 0 heterocycles. The van der Waals surface area contributed by atoms with Crippen LogP contribution >= 0.6 is 11.8 Å². The number of esters is 1. The number of nitrogens with one attached hydrogen (secondary N) is 1. The fraction of sp³-hybridized carbons (Fsp3) is 0.190. The second-order valence-corrected chi connectivity index (χ2v) is 13.3. The molecule has 1 aliphatic carbocycles. The molecular formula is C42H38N2O5S. The molecule has 1 amide bonds. The zero-order chi connectivity index (χ0) is 35.2. The molecule has 1 unspecified atom stereocenters. The lowest BCUT2D eigenvalue weighted by atomic mass is 9.83. The molecule has 0 aliphatic heterocycles. The number of thioether (sulfide) groups is 1. The van der Waals surface area contributed by atoms with Crippen molar-refractivity contribution in [3.8, 4) is 11.1 Å². The van der Waals surface area contributed by atoms with Crippen molar-refractivity contribution in [2.75, 3.05) is 24.0 Å². The van der Waals surface area contributed by atoms with Gasteiger partial charge in [0.2, 0.25) is 0 Å². The molecule has 0 radical (unpaired) electrons. The van der Waals surface area contributed by atoms with Crippen LogP contribution in [0, 0.1) is 6.92 Å². The van der Waals surface area contributed by atoms with Crippen LogP contribution < -0.4 is 10.2 Å². The Morgan fingerprint density at radius 3 is 1.90 bits per heavy atom. The molecule has 50 heavy (non-hydrogen) atoms. The molecule has 0 bridgehead atoms. The quantitative estimate of drug-likeness (QED) is 0.133. The van der Waals surface area contributed by atoms with Crippen molar-refractivity contribution in [3.63, 3.8) is 0 Å². The van der Waals surface area contributed by atoms with Gasteiger partial charge in [0, 0.05) is 46.6 Å². The summed E-state index contributed by atoms with van der Waals surface area (Å²) in [5.74, 6) is -0.417. The number of fused-ring (bicyclic) bond motifs is 2. The molecule has 0 spiro atoms. The van der Waals surface area contributed by atoms with Crippen LogP contribution in [0.5, 0.6) is 0 Å². The molecule has 1 atom stereocenters. The Kier molecular flexibility index (Phi) is 10.6. The molecule has 0 aromatic heterocycles. The molecule has 5 aromatic rings. The van der Waals surface area contributed by atoms with Gasteiger partial charge in [0.05, 0.1) is 7.11 Å². The summed E-state index contributed by atoms with van der Waals surface area (Å²) in [5, 5.41) is 2.92. The van der Waals surface area contributed by atoms with Crippen molar-refractivity contribution in [1.29, 1.82) is 0 Å². The first-order chi connectivity index (χ1) is 24.3. The van der Waals surface area contributed by atoms with Gasteiger partial charge in [-0.25, -0.2) is 4.79 Å². The topological polar surface area (TPSA) is 92.8 Å². The van der Waals surface area contributed by atoms with Crippen molar-refractivity contribution in [2.45, 2.75) is 32.5 Å². The van der Waals surface area contributed by atoms with Crippen LogP contribution in [0.2, 0.25) is 0 Å². The third-order valence-electron chi connectivity index (χ3n) is 9.02. The number of ketones is 2. The summed E-state index contributed by atoms with van der Waals surface area (Å²) in [5.41, 5.74) is 7.69. The third kappa shape index (κ3) is 7.26. The first kappa shape index (κ1) is 34.4. The normalized spacial score (nSPS) is 12.5. The Labute approximate surface area is 296 Å². The van der Waals surface area contributed by atoms with Crippen LogP contribution in [0.3, 0.4) is 0 Å². The fourth-order valence-electron chi connectivity index (χ4n) is 6.41. The highest BCUT2D eigenvalue weighted by Gasteiger charge is 2.30. The lowest BCUT2D eigenvalue weighted by Gasteiger charge is -2.27. The average Bonchev–Trinajstić information content (AvgIpc) is 3.15. The predicted molar refractivity (Wildman–Crippen MR) is 199 cm³/mol. The third-order valence-corrected chi connectivity index (χ3v) is 9.67. The molecule has 0 fully saturated rings. The maximum Gasteiger partial charge on any atom is 0.328 e. The van der Waals surface area contributed by atoms with Crippen molar-refractivity contribution in [2.24, 2.45) is 0 Å². The van der Waals surface area contributed by atoms with Crippen LogP contribution in [0.15, 0.2) is 115 Å². The van der Waals surface area contributed by atoms with Gasteiger partial charge in [0.1, 0.15) is 6.04 Å². The lowest BCUT2D eigenvalue weighted by Crippen LogP contribution is -2.42. The maximum atomic E-state index is 13.8. The molecule has 6 rings (SSSR count).